The van der Waals surface area contributed by atoms with Crippen LogP contribution in [0.15, 0.2) is 36.4 Å². The summed E-state index contributed by atoms with van der Waals surface area (Å²) in [5.41, 5.74) is 4.17. The van der Waals surface area contributed by atoms with Crippen LogP contribution in [0.4, 0.5) is 0 Å². The number of aryl methyl sites for hydroxylation is 2. The summed E-state index contributed by atoms with van der Waals surface area (Å²) in [6.45, 7) is 8.21. The minimum absolute atomic E-state index is 0.0798. The third-order valence-electron chi connectivity index (χ3n) is 6.96. The lowest BCUT2D eigenvalue weighted by atomic mass is 9.95. The molecule has 1 N–H and O–H groups in total. The van der Waals surface area contributed by atoms with Crippen molar-refractivity contribution in [2.24, 2.45) is 0 Å². The predicted molar refractivity (Wildman–Crippen MR) is 139 cm³/mol. The average molecular weight is 481 g/mol. The molecule has 6 nitrogen and oxygen atoms in total. The fraction of sp³-hybridized carbons (Fsp3) is 0.517. The van der Waals surface area contributed by atoms with E-state index in [1.54, 1.807) is 12.0 Å². The molecule has 1 atom stereocenters. The molecule has 3 rings (SSSR count). The Morgan fingerprint density at radius 3 is 2.37 bits per heavy atom. The van der Waals surface area contributed by atoms with E-state index in [1.807, 2.05) is 58.0 Å². The Morgan fingerprint density at radius 1 is 1.06 bits per heavy atom. The number of benzene rings is 2. The van der Waals surface area contributed by atoms with Gasteiger partial charge in [0.05, 0.1) is 7.11 Å². The quantitative estimate of drug-likeness (QED) is 0.504. The summed E-state index contributed by atoms with van der Waals surface area (Å²) < 4.78 is 11.3. The molecule has 6 heteroatoms. The predicted octanol–water partition coefficient (Wildman–Crippen LogP) is 5.26. The van der Waals surface area contributed by atoms with Gasteiger partial charge in [-0.25, -0.2) is 0 Å². The van der Waals surface area contributed by atoms with Crippen LogP contribution in [0.25, 0.3) is 0 Å². The Balaban J connectivity index is 1.79. The molecule has 1 saturated carbocycles. The first-order chi connectivity index (χ1) is 16.8. The molecule has 35 heavy (non-hydrogen) atoms. The van der Waals surface area contributed by atoms with Crippen LogP contribution in [0.2, 0.25) is 0 Å². The van der Waals surface area contributed by atoms with Gasteiger partial charge < -0.3 is 19.7 Å². The van der Waals surface area contributed by atoms with Crippen molar-refractivity contribution in [2.75, 3.05) is 13.7 Å². The molecule has 0 spiro atoms. The third-order valence-corrected chi connectivity index (χ3v) is 6.96. The van der Waals surface area contributed by atoms with Crippen LogP contribution in [0.1, 0.15) is 67.7 Å². The van der Waals surface area contributed by atoms with E-state index >= 15 is 0 Å². The number of carbonyl (C=O) groups is 2. The van der Waals surface area contributed by atoms with E-state index in [9.17, 15) is 9.59 Å². The van der Waals surface area contributed by atoms with Gasteiger partial charge >= 0.3 is 0 Å². The SMILES string of the molecule is CC[C@H](C(=O)NC1CCCCC1)N(Cc1ccc(OC)cc1)C(=O)COc1cc(C)cc(C)c1C. The second kappa shape index (κ2) is 12.6. The Labute approximate surface area is 210 Å². The summed E-state index contributed by atoms with van der Waals surface area (Å²) in [7, 11) is 1.62. The molecule has 0 radical (unpaired) electrons. The van der Waals surface area contributed by atoms with E-state index in [1.165, 1.54) is 6.42 Å². The van der Waals surface area contributed by atoms with Crippen molar-refractivity contribution >= 4 is 11.8 Å². The normalized spacial score (nSPS) is 14.8. The summed E-state index contributed by atoms with van der Waals surface area (Å²) in [6, 6.07) is 11.3. The first-order valence-corrected chi connectivity index (χ1v) is 12.8. The lowest BCUT2D eigenvalue weighted by molar-refractivity contribution is -0.143. The average Bonchev–Trinajstić information content (AvgIpc) is 2.86. The molecular weight excluding hydrogens is 440 g/mol. The fourth-order valence-corrected chi connectivity index (χ4v) is 4.76. The van der Waals surface area contributed by atoms with Crippen molar-refractivity contribution in [1.29, 1.82) is 0 Å². The van der Waals surface area contributed by atoms with Crippen molar-refractivity contribution in [3.05, 3.63) is 58.7 Å². The molecule has 0 saturated heterocycles. The van der Waals surface area contributed by atoms with Gasteiger partial charge in [0.2, 0.25) is 5.91 Å². The maximum Gasteiger partial charge on any atom is 0.261 e. The molecule has 2 aromatic carbocycles. The lowest BCUT2D eigenvalue weighted by Crippen LogP contribution is -2.52. The zero-order valence-electron chi connectivity index (χ0n) is 21.9. The van der Waals surface area contributed by atoms with Gasteiger partial charge in [0, 0.05) is 12.6 Å². The molecule has 2 amide bonds. The van der Waals surface area contributed by atoms with Gasteiger partial charge in [0.15, 0.2) is 6.61 Å². The second-order valence-corrected chi connectivity index (χ2v) is 9.63. The topological polar surface area (TPSA) is 67.9 Å². The van der Waals surface area contributed by atoms with E-state index in [4.69, 9.17) is 9.47 Å². The Hall–Kier alpha value is -3.02. The molecule has 1 aliphatic rings. The van der Waals surface area contributed by atoms with Gasteiger partial charge in [-0.1, -0.05) is 44.4 Å². The molecule has 0 heterocycles. The minimum Gasteiger partial charge on any atom is -0.497 e. The number of methoxy groups -OCH3 is 1. The minimum atomic E-state index is -0.560. The number of amides is 2. The van der Waals surface area contributed by atoms with Gasteiger partial charge in [-0.15, -0.1) is 0 Å². The first kappa shape index (κ1) is 26.6. The number of ether oxygens (including phenoxy) is 2. The van der Waals surface area contributed by atoms with Crippen LogP contribution in [0.3, 0.4) is 0 Å². The van der Waals surface area contributed by atoms with Crippen molar-refractivity contribution in [3.63, 3.8) is 0 Å². The van der Waals surface area contributed by atoms with E-state index in [0.717, 1.165) is 53.7 Å². The summed E-state index contributed by atoms with van der Waals surface area (Å²) in [4.78, 5) is 28.5. The fourth-order valence-electron chi connectivity index (χ4n) is 4.76. The number of carbonyl (C=O) groups excluding carboxylic acids is 2. The number of nitrogens with one attached hydrogen (secondary N) is 1. The lowest BCUT2D eigenvalue weighted by Gasteiger charge is -2.32. The van der Waals surface area contributed by atoms with Gasteiger partial charge in [0.25, 0.3) is 5.91 Å². The van der Waals surface area contributed by atoms with Crippen LogP contribution in [-0.4, -0.2) is 42.5 Å². The van der Waals surface area contributed by atoms with E-state index in [-0.39, 0.29) is 24.5 Å². The summed E-state index contributed by atoms with van der Waals surface area (Å²) in [5, 5.41) is 3.21. The van der Waals surface area contributed by atoms with Crippen molar-refractivity contribution < 1.29 is 19.1 Å². The highest BCUT2D eigenvalue weighted by Gasteiger charge is 2.30. The third kappa shape index (κ3) is 7.23. The largest absolute Gasteiger partial charge is 0.497 e. The highest BCUT2D eigenvalue weighted by molar-refractivity contribution is 5.88. The monoisotopic (exact) mass is 480 g/mol. The standard InChI is InChI=1S/C29H40N2O4/c1-6-26(29(33)30-24-10-8-7-9-11-24)31(18-23-12-14-25(34-5)15-13-23)28(32)19-35-27-17-20(2)16-21(3)22(27)4/h12-17,24,26H,6-11,18-19H2,1-5H3,(H,30,33)/t26-/m1/s1. The number of hydrogen-bond acceptors (Lipinski definition) is 4. The Kier molecular flexibility index (Phi) is 9.58. The zero-order valence-corrected chi connectivity index (χ0v) is 21.9. The van der Waals surface area contributed by atoms with Gasteiger partial charge in [-0.2, -0.15) is 0 Å². The van der Waals surface area contributed by atoms with Crippen LogP contribution >= 0.6 is 0 Å². The van der Waals surface area contributed by atoms with Gasteiger partial charge in [-0.3, -0.25) is 9.59 Å². The highest BCUT2D eigenvalue weighted by Crippen LogP contribution is 2.24. The van der Waals surface area contributed by atoms with Gasteiger partial charge in [-0.05, 0) is 80.5 Å². The van der Waals surface area contributed by atoms with E-state index < -0.39 is 6.04 Å². The molecule has 1 fully saturated rings. The Bertz CT molecular complexity index is 996. The molecular formula is C29H40N2O4. The molecule has 0 aliphatic heterocycles. The van der Waals surface area contributed by atoms with Crippen LogP contribution in [-0.2, 0) is 16.1 Å². The number of rotatable bonds is 10. The van der Waals surface area contributed by atoms with E-state index in [0.29, 0.717) is 18.7 Å². The molecule has 0 bridgehead atoms. The Morgan fingerprint density at radius 2 is 1.74 bits per heavy atom. The molecule has 190 valence electrons. The first-order valence-electron chi connectivity index (χ1n) is 12.8. The molecule has 2 aromatic rings. The summed E-state index contributed by atoms with van der Waals surface area (Å²) in [5.74, 6) is 1.18. The molecule has 0 unspecified atom stereocenters. The molecule has 0 aromatic heterocycles. The van der Waals surface area contributed by atoms with Crippen LogP contribution < -0.4 is 14.8 Å². The smallest absolute Gasteiger partial charge is 0.261 e. The zero-order chi connectivity index (χ0) is 25.4. The summed E-state index contributed by atoms with van der Waals surface area (Å²) >= 11 is 0. The second-order valence-electron chi connectivity index (χ2n) is 9.63. The molecule has 1 aliphatic carbocycles. The maximum absolute atomic E-state index is 13.5. The maximum atomic E-state index is 13.5. The van der Waals surface area contributed by atoms with Crippen LogP contribution in [0, 0.1) is 20.8 Å². The van der Waals surface area contributed by atoms with Crippen molar-refractivity contribution in [2.45, 2.75) is 84.8 Å². The summed E-state index contributed by atoms with van der Waals surface area (Å²) in [6.07, 6.45) is 6.04. The highest BCUT2D eigenvalue weighted by atomic mass is 16.5. The van der Waals surface area contributed by atoms with Crippen LogP contribution in [0.5, 0.6) is 11.5 Å². The van der Waals surface area contributed by atoms with Crippen molar-refractivity contribution in [3.8, 4) is 11.5 Å². The number of nitrogens with zero attached hydrogens (tertiary/aromatic N) is 1. The van der Waals surface area contributed by atoms with E-state index in [2.05, 4.69) is 11.4 Å². The number of hydrogen-bond donors (Lipinski definition) is 1. The van der Waals surface area contributed by atoms with Crippen molar-refractivity contribution in [1.82, 2.24) is 10.2 Å². The van der Waals surface area contributed by atoms with Gasteiger partial charge in [0.1, 0.15) is 17.5 Å².